The Hall–Kier alpha value is -7.98. The number of halogens is 3. The van der Waals surface area contributed by atoms with Crippen LogP contribution in [0.5, 0.6) is 11.8 Å². The predicted octanol–water partition coefficient (Wildman–Crippen LogP) is 8.14. The lowest BCUT2D eigenvalue weighted by atomic mass is 9.71. The van der Waals surface area contributed by atoms with Gasteiger partial charge in [-0.3, -0.25) is 29.0 Å². The molecule has 1 spiro atoms. The number of pyridine rings is 1. The number of hydrogen-bond donors (Lipinski definition) is 5. The average Bonchev–Trinajstić information content (AvgIpc) is 1.57. The van der Waals surface area contributed by atoms with Gasteiger partial charge in [-0.2, -0.15) is 9.97 Å². The van der Waals surface area contributed by atoms with Gasteiger partial charge in [-0.15, -0.1) is 17.8 Å². The van der Waals surface area contributed by atoms with E-state index in [1.54, 1.807) is 26.3 Å². The van der Waals surface area contributed by atoms with Gasteiger partial charge in [-0.1, -0.05) is 57.0 Å². The highest BCUT2D eigenvalue weighted by molar-refractivity contribution is 7.13. The van der Waals surface area contributed by atoms with Crippen LogP contribution in [0.25, 0.3) is 43.4 Å². The van der Waals surface area contributed by atoms with Crippen molar-refractivity contribution in [1.29, 1.82) is 0 Å². The first-order chi connectivity index (χ1) is 45.5. The third-order valence-corrected chi connectivity index (χ3v) is 22.1. The minimum atomic E-state index is -2.02. The SMILES string of the molecule is C#Cc1c(F)ccc2cc(O)cc(-c3ncc4c(N5CC6CCC(C5)N6)nc(OCCCN5CCC(C(=O)N6CCC7(CCN(C(=O)C[C@H](NC(=O)C8CC(O)CN8C(=O)C(NC(=O)C8(F)CC8)C(C)(C)C)c8ccc(-c9scnc9C)cc8)CC7)CC6)CC5)nc4c3F)c12. The fourth-order valence-corrected chi connectivity index (χ4v) is 16.1. The van der Waals surface area contributed by atoms with Gasteiger partial charge >= 0.3 is 6.01 Å². The molecule has 1 aliphatic carbocycles. The number of thiazole rings is 1. The van der Waals surface area contributed by atoms with E-state index in [4.69, 9.17) is 16.1 Å². The quantitative estimate of drug-likeness (QED) is 0.0428. The summed E-state index contributed by atoms with van der Waals surface area (Å²) in [6.07, 6.45) is 13.7. The third-order valence-electron chi connectivity index (χ3n) is 21.1. The summed E-state index contributed by atoms with van der Waals surface area (Å²) in [6, 6.07) is 10.6. The maximum Gasteiger partial charge on any atom is 0.319 e. The fraction of sp³-hybridized carbons (Fsp3) is 0.535. The molecule has 95 heavy (non-hydrogen) atoms. The van der Waals surface area contributed by atoms with E-state index in [0.29, 0.717) is 74.4 Å². The summed E-state index contributed by atoms with van der Waals surface area (Å²) in [5, 5.41) is 32.1. The van der Waals surface area contributed by atoms with Crippen molar-refractivity contribution in [2.24, 2.45) is 16.7 Å². The Morgan fingerprint density at radius 2 is 1.57 bits per heavy atom. The van der Waals surface area contributed by atoms with E-state index in [0.717, 1.165) is 80.6 Å². The number of nitrogens with one attached hydrogen (secondary N) is 3. The van der Waals surface area contributed by atoms with Crippen LogP contribution >= 0.6 is 11.3 Å². The van der Waals surface area contributed by atoms with Gasteiger partial charge in [0.15, 0.2) is 11.5 Å². The number of piperidine rings is 3. The Labute approximate surface area is 554 Å². The first kappa shape index (κ1) is 65.7. The van der Waals surface area contributed by atoms with Crippen LogP contribution in [0.1, 0.15) is 127 Å². The van der Waals surface area contributed by atoms with Gasteiger partial charge in [-0.25, -0.2) is 18.2 Å². The van der Waals surface area contributed by atoms with Crippen LogP contribution in [0.15, 0.2) is 60.2 Å². The number of aromatic hydroxyl groups is 1. The summed E-state index contributed by atoms with van der Waals surface area (Å²) in [7, 11) is 0. The fourth-order valence-electron chi connectivity index (χ4n) is 15.3. The normalized spacial score (nSPS) is 22.6. The molecule has 7 aliphatic rings. The van der Waals surface area contributed by atoms with Crippen LogP contribution in [-0.2, 0) is 24.0 Å². The number of likely N-dealkylation sites (tertiary alicyclic amines) is 4. The summed E-state index contributed by atoms with van der Waals surface area (Å²) in [4.78, 5) is 99.4. The first-order valence-electron chi connectivity index (χ1n) is 33.5. The molecule has 0 radical (unpaired) electrons. The van der Waals surface area contributed by atoms with Gasteiger partial charge in [-0.05, 0) is 136 Å². The second-order valence-corrected chi connectivity index (χ2v) is 29.4. The molecule has 3 aromatic heterocycles. The number of piperazine rings is 1. The highest BCUT2D eigenvalue weighted by Gasteiger charge is 2.54. The first-order valence-corrected chi connectivity index (χ1v) is 34.4. The zero-order chi connectivity index (χ0) is 66.7. The molecule has 2 bridgehead atoms. The van der Waals surface area contributed by atoms with Crippen molar-refractivity contribution in [3.05, 3.63) is 88.7 Å². The number of benzene rings is 3. The maximum absolute atomic E-state index is 17.1. The number of aliphatic hydroxyl groups is 1. The van der Waals surface area contributed by atoms with Crippen molar-refractivity contribution in [2.75, 3.05) is 77.0 Å². The number of β-amino-alcohol motifs (C(OH)–C–C–N with tert-alkyl or cyclic N) is 1. The lowest BCUT2D eigenvalue weighted by Crippen LogP contribution is -2.59. The summed E-state index contributed by atoms with van der Waals surface area (Å²) in [5.41, 5.74) is 1.30. The molecule has 5 N–H and O–H groups in total. The number of alkyl halides is 1. The van der Waals surface area contributed by atoms with Crippen LogP contribution in [0.3, 0.4) is 0 Å². The van der Waals surface area contributed by atoms with E-state index in [-0.39, 0.29) is 114 Å². The van der Waals surface area contributed by atoms with Crippen LogP contribution < -0.4 is 25.6 Å². The molecular formula is C71H83F3N12O8S. The summed E-state index contributed by atoms with van der Waals surface area (Å²) in [5.74, 6) is -0.727. The van der Waals surface area contributed by atoms with Crippen LogP contribution in [0.2, 0.25) is 0 Å². The van der Waals surface area contributed by atoms with Crippen molar-refractivity contribution < 1.29 is 52.1 Å². The number of amides is 5. The number of aromatic nitrogens is 4. The summed E-state index contributed by atoms with van der Waals surface area (Å²) >= 11 is 1.52. The number of carbonyl (C=O) groups excluding carboxylic acids is 5. The lowest BCUT2D eigenvalue weighted by molar-refractivity contribution is -0.145. The number of carbonyl (C=O) groups is 5. The molecule has 5 amide bonds. The van der Waals surface area contributed by atoms with Crippen LogP contribution in [0, 0.1) is 47.6 Å². The molecule has 3 aromatic carbocycles. The molecule has 9 heterocycles. The van der Waals surface area contributed by atoms with E-state index in [9.17, 15) is 38.6 Å². The van der Waals surface area contributed by atoms with Crippen LogP contribution in [0.4, 0.5) is 19.0 Å². The molecule has 5 unspecified atom stereocenters. The molecule has 502 valence electrons. The van der Waals surface area contributed by atoms with Gasteiger partial charge < -0.3 is 55.4 Å². The summed E-state index contributed by atoms with van der Waals surface area (Å²) < 4.78 is 53.4. The predicted molar refractivity (Wildman–Crippen MR) is 354 cm³/mol. The number of hydrogen-bond acceptors (Lipinski definition) is 16. The minimum absolute atomic E-state index is 0.0140. The Kier molecular flexibility index (Phi) is 18.4. The van der Waals surface area contributed by atoms with Crippen molar-refractivity contribution in [2.45, 2.75) is 153 Å². The van der Waals surface area contributed by atoms with Gasteiger partial charge in [0.05, 0.1) is 52.2 Å². The van der Waals surface area contributed by atoms with Crippen LogP contribution in [-0.4, -0.2) is 187 Å². The van der Waals surface area contributed by atoms with Crippen molar-refractivity contribution in [1.82, 2.24) is 55.5 Å². The Morgan fingerprint density at radius 3 is 2.22 bits per heavy atom. The topological polar surface area (TPSA) is 239 Å². The number of aliphatic hydroxyl groups excluding tert-OH is 1. The molecule has 6 atom stereocenters. The molecule has 6 aliphatic heterocycles. The highest BCUT2D eigenvalue weighted by atomic mass is 32.1. The summed E-state index contributed by atoms with van der Waals surface area (Å²) in [6.45, 7) is 13.2. The second-order valence-electron chi connectivity index (χ2n) is 28.5. The van der Waals surface area contributed by atoms with Gasteiger partial charge in [0.25, 0.3) is 5.91 Å². The third kappa shape index (κ3) is 13.6. The molecule has 20 nitrogen and oxygen atoms in total. The lowest BCUT2D eigenvalue weighted by Gasteiger charge is -2.47. The molecule has 6 saturated heterocycles. The Bertz CT molecular complexity index is 3970. The minimum Gasteiger partial charge on any atom is -0.508 e. The maximum atomic E-state index is 17.1. The van der Waals surface area contributed by atoms with Crippen molar-refractivity contribution in [3.8, 4) is 45.8 Å². The van der Waals surface area contributed by atoms with Gasteiger partial charge in [0, 0.05) is 93.9 Å². The van der Waals surface area contributed by atoms with E-state index in [1.807, 2.05) is 41.0 Å². The molecule has 6 aromatic rings. The molecule has 1 saturated carbocycles. The van der Waals surface area contributed by atoms with Crippen molar-refractivity contribution >= 4 is 68.4 Å². The number of nitrogens with zero attached hydrogens (tertiary/aromatic N) is 9. The van der Waals surface area contributed by atoms with E-state index in [1.165, 1.54) is 46.7 Å². The average molecular weight is 1320 g/mol. The Morgan fingerprint density at radius 1 is 0.874 bits per heavy atom. The molecule has 13 rings (SSSR count). The number of aryl methyl sites for hydroxylation is 1. The number of fused-ring (bicyclic) bond motifs is 4. The number of phenolic OH excluding ortho intramolecular Hbond substituents is 1. The number of rotatable bonds is 17. The number of phenols is 1. The van der Waals surface area contributed by atoms with E-state index < -0.39 is 64.7 Å². The largest absolute Gasteiger partial charge is 0.508 e. The zero-order valence-corrected chi connectivity index (χ0v) is 55.1. The number of ether oxygens (including phenoxy) is 1. The van der Waals surface area contributed by atoms with E-state index in [2.05, 4.69) is 46.6 Å². The molecule has 24 heteroatoms. The van der Waals surface area contributed by atoms with Gasteiger partial charge in [0.2, 0.25) is 23.6 Å². The zero-order valence-electron chi connectivity index (χ0n) is 54.3. The number of anilines is 1. The molecular weight excluding hydrogens is 1240 g/mol. The smallest absolute Gasteiger partial charge is 0.319 e. The Balaban J connectivity index is 0.602. The standard InChI is InChI=1S/C71H83F3N12O8S/c1-6-50-53(72)15-12-45-32-48(87)33-51(57(45)50)59-58(73)60-52(36-75-59)63(85-37-46-13-14-47(38-85)77-46)81-68(79-60)94-31-7-24-82-25-16-44(17-26-82)65(91)84-29-22-70(23-30-84)20-27-83(28-21-70)56(89)35-54(42-8-10-43(11-9-42)61-41(2)76-40-95-61)78-64(90)55-34-49(88)39-86(55)66(92)62(69(3,4)5)80-67(93)71(74)18-19-71/h1,8-12,15,32-33,36,40,44,46-47,49,54-55,62,77,87-88H,7,13-14,16-31,34-35,37-39H2,2-5H3,(H,78,90)(H,80,93)/t46?,47?,49?,54-,55?,62?/m0/s1. The van der Waals surface area contributed by atoms with Gasteiger partial charge in [0.1, 0.15) is 40.7 Å². The molecule has 7 fully saturated rings. The van der Waals surface area contributed by atoms with Crippen molar-refractivity contribution in [3.63, 3.8) is 0 Å². The second kappa shape index (κ2) is 26.6. The highest BCUT2D eigenvalue weighted by Crippen LogP contribution is 2.45. The van der Waals surface area contributed by atoms with E-state index >= 15 is 8.78 Å². The number of terminal acetylenes is 1. The monoisotopic (exact) mass is 1320 g/mol.